The monoisotopic (exact) mass is 467 g/mol. The molecular formula is C27H37NO4Si. The molecule has 0 unspecified atom stereocenters. The van der Waals surface area contributed by atoms with Crippen molar-refractivity contribution in [1.29, 1.82) is 0 Å². The van der Waals surface area contributed by atoms with Gasteiger partial charge in [0.05, 0.1) is 13.2 Å². The third kappa shape index (κ3) is 6.87. The first-order chi connectivity index (χ1) is 15.7. The van der Waals surface area contributed by atoms with Gasteiger partial charge in [-0.15, -0.1) is 0 Å². The minimum absolute atomic E-state index is 0.108. The van der Waals surface area contributed by atoms with Crippen molar-refractivity contribution in [3.63, 3.8) is 0 Å². The van der Waals surface area contributed by atoms with E-state index in [-0.39, 0.29) is 30.1 Å². The summed E-state index contributed by atoms with van der Waals surface area (Å²) in [6.45, 7) is 16.3. The van der Waals surface area contributed by atoms with Gasteiger partial charge in [0.2, 0.25) is 5.90 Å². The van der Waals surface area contributed by atoms with Crippen molar-refractivity contribution < 1.29 is 18.6 Å². The Hall–Kier alpha value is -2.25. The summed E-state index contributed by atoms with van der Waals surface area (Å²) in [5, 5.41) is 0.108. The van der Waals surface area contributed by atoms with E-state index in [4.69, 9.17) is 23.6 Å². The average Bonchev–Trinajstić information content (AvgIpc) is 2.81. The van der Waals surface area contributed by atoms with Gasteiger partial charge in [0.15, 0.2) is 8.32 Å². The number of ether oxygens (including phenoxy) is 3. The van der Waals surface area contributed by atoms with Gasteiger partial charge < -0.3 is 18.6 Å². The first kappa shape index (κ1) is 25.4. The summed E-state index contributed by atoms with van der Waals surface area (Å²) in [6.07, 6.45) is 1.07. The van der Waals surface area contributed by atoms with E-state index in [0.717, 1.165) is 11.1 Å². The molecule has 0 amide bonds. The lowest BCUT2D eigenvalue weighted by Crippen LogP contribution is -2.50. The first-order valence-electron chi connectivity index (χ1n) is 11.5. The van der Waals surface area contributed by atoms with Crippen LogP contribution < -0.4 is 0 Å². The van der Waals surface area contributed by atoms with Crippen LogP contribution in [0.3, 0.4) is 0 Å². The molecule has 0 bridgehead atoms. The van der Waals surface area contributed by atoms with Crippen LogP contribution in [-0.2, 0) is 25.2 Å². The van der Waals surface area contributed by atoms with Gasteiger partial charge in [0.25, 0.3) is 0 Å². The highest BCUT2D eigenvalue weighted by molar-refractivity contribution is 6.74. The molecule has 1 aliphatic rings. The molecule has 33 heavy (non-hydrogen) atoms. The van der Waals surface area contributed by atoms with Crippen molar-refractivity contribution >= 4 is 14.2 Å². The predicted molar refractivity (Wildman–Crippen MR) is 136 cm³/mol. The molecule has 0 N–H and O–H groups in total. The Bertz CT molecular complexity index is 909. The largest absolute Gasteiger partial charge is 0.467 e. The molecule has 2 aromatic rings. The smallest absolute Gasteiger partial charge is 0.217 e. The van der Waals surface area contributed by atoms with Gasteiger partial charge in [-0.25, -0.2) is 4.99 Å². The minimum atomic E-state index is -1.96. The number of hydrogen-bond donors (Lipinski definition) is 0. The molecule has 0 spiro atoms. The van der Waals surface area contributed by atoms with E-state index in [9.17, 15) is 0 Å². The van der Waals surface area contributed by atoms with Gasteiger partial charge >= 0.3 is 0 Å². The molecule has 3 rings (SSSR count). The van der Waals surface area contributed by atoms with Crippen molar-refractivity contribution in [1.82, 2.24) is 0 Å². The molecule has 2 aromatic carbocycles. The Morgan fingerprint density at radius 3 is 2.27 bits per heavy atom. The van der Waals surface area contributed by atoms with Crippen molar-refractivity contribution in [2.24, 2.45) is 4.99 Å². The van der Waals surface area contributed by atoms with Crippen LogP contribution in [-0.4, -0.2) is 45.9 Å². The van der Waals surface area contributed by atoms with Crippen LogP contribution in [0, 0.1) is 0 Å². The quantitative estimate of drug-likeness (QED) is 0.187. The summed E-state index contributed by atoms with van der Waals surface area (Å²) in [7, 11) is -1.96. The van der Waals surface area contributed by atoms with E-state index in [2.05, 4.69) is 40.4 Å². The Kier molecular flexibility index (Phi) is 8.65. The zero-order chi connectivity index (χ0) is 23.9. The molecule has 178 valence electrons. The molecule has 5 nitrogen and oxygen atoms in total. The summed E-state index contributed by atoms with van der Waals surface area (Å²) >= 11 is 0. The summed E-state index contributed by atoms with van der Waals surface area (Å²) in [5.41, 5.74) is 2.03. The van der Waals surface area contributed by atoms with Gasteiger partial charge in [-0.3, -0.25) is 0 Å². The van der Waals surface area contributed by atoms with Crippen LogP contribution in [0.25, 0.3) is 0 Å². The van der Waals surface area contributed by atoms with Gasteiger partial charge in [-0.1, -0.05) is 75.9 Å². The molecule has 0 saturated heterocycles. The van der Waals surface area contributed by atoms with Crippen LogP contribution in [0.15, 0.2) is 78.3 Å². The van der Waals surface area contributed by atoms with Crippen LogP contribution in [0.5, 0.6) is 0 Å². The first-order valence-corrected chi connectivity index (χ1v) is 14.4. The second-order valence-corrected chi connectivity index (χ2v) is 14.6. The van der Waals surface area contributed by atoms with Crippen LogP contribution in [0.1, 0.15) is 31.9 Å². The number of aliphatic imine (C=N–C) groups is 1. The maximum Gasteiger partial charge on any atom is 0.217 e. The van der Waals surface area contributed by atoms with Gasteiger partial charge in [-0.2, -0.15) is 0 Å². The molecule has 0 aliphatic carbocycles. The van der Waals surface area contributed by atoms with Gasteiger partial charge in [0, 0.05) is 5.56 Å². The highest BCUT2D eigenvalue weighted by Crippen LogP contribution is 2.37. The van der Waals surface area contributed by atoms with Crippen LogP contribution in [0.2, 0.25) is 18.1 Å². The van der Waals surface area contributed by atoms with E-state index < -0.39 is 8.32 Å². The fraction of sp³-hybridized carbons (Fsp3) is 0.444. The topological polar surface area (TPSA) is 49.3 Å². The Morgan fingerprint density at radius 1 is 1.03 bits per heavy atom. The number of hydrogen-bond acceptors (Lipinski definition) is 5. The molecule has 0 radical (unpaired) electrons. The normalized spacial score (nSPS) is 21.2. The Labute approximate surface area is 199 Å². The van der Waals surface area contributed by atoms with Crippen molar-refractivity contribution in [3.05, 3.63) is 84.4 Å². The van der Waals surface area contributed by atoms with Crippen molar-refractivity contribution in [3.8, 4) is 0 Å². The number of benzene rings is 2. The van der Waals surface area contributed by atoms with Gasteiger partial charge in [0.1, 0.15) is 25.0 Å². The fourth-order valence-corrected chi connectivity index (χ4v) is 4.30. The van der Waals surface area contributed by atoms with E-state index in [0.29, 0.717) is 19.1 Å². The molecule has 1 aliphatic heterocycles. The predicted octanol–water partition coefficient (Wildman–Crippen LogP) is 5.97. The molecule has 3 atom stereocenters. The lowest BCUT2D eigenvalue weighted by atomic mass is 10.0. The second-order valence-electron chi connectivity index (χ2n) is 9.84. The second kappa shape index (κ2) is 11.2. The zero-order valence-electron chi connectivity index (χ0n) is 20.5. The number of rotatable bonds is 10. The molecule has 0 aromatic heterocycles. The molecule has 0 saturated carbocycles. The van der Waals surface area contributed by atoms with E-state index >= 15 is 0 Å². The molecule has 0 fully saturated rings. The maximum atomic E-state index is 6.54. The maximum absolute atomic E-state index is 6.54. The highest BCUT2D eigenvalue weighted by atomic mass is 28.4. The SMILES string of the molecule is C=C[C@@H]1OC(c2ccccc2)=N[C@@H](CO[Si](C)(C)C(C)(C)C)[C@@H]1OCOCc1ccccc1. The fourth-order valence-electron chi connectivity index (χ4n) is 3.28. The third-order valence-electron chi connectivity index (χ3n) is 6.36. The summed E-state index contributed by atoms with van der Waals surface area (Å²) in [5.74, 6) is 0.592. The summed E-state index contributed by atoms with van der Waals surface area (Å²) in [6, 6.07) is 19.7. The van der Waals surface area contributed by atoms with E-state index in [1.807, 2.05) is 60.7 Å². The Balaban J connectivity index is 1.75. The van der Waals surface area contributed by atoms with Crippen LogP contribution >= 0.6 is 0 Å². The molecule has 6 heteroatoms. The van der Waals surface area contributed by atoms with E-state index in [1.165, 1.54) is 0 Å². The van der Waals surface area contributed by atoms with E-state index in [1.54, 1.807) is 6.08 Å². The van der Waals surface area contributed by atoms with Crippen LogP contribution in [0.4, 0.5) is 0 Å². The summed E-state index contributed by atoms with van der Waals surface area (Å²) in [4.78, 5) is 4.92. The lowest BCUT2D eigenvalue weighted by Gasteiger charge is -2.40. The average molecular weight is 468 g/mol. The van der Waals surface area contributed by atoms with Gasteiger partial charge in [-0.05, 0) is 41.9 Å². The highest BCUT2D eigenvalue weighted by Gasteiger charge is 2.41. The molecule has 1 heterocycles. The number of nitrogens with zero attached hydrogens (tertiary/aromatic N) is 1. The zero-order valence-corrected chi connectivity index (χ0v) is 21.5. The Morgan fingerprint density at radius 2 is 1.67 bits per heavy atom. The lowest BCUT2D eigenvalue weighted by molar-refractivity contribution is -0.132. The third-order valence-corrected chi connectivity index (χ3v) is 10.9. The summed E-state index contributed by atoms with van der Waals surface area (Å²) < 4.78 is 24.7. The minimum Gasteiger partial charge on any atom is -0.467 e. The standard InChI is InChI=1S/C27H37NO4Si/c1-7-24-25(30-20-29-18-21-14-10-8-11-15-21)23(19-31-33(5,6)27(2,3)4)28-26(32-24)22-16-12-9-13-17-22/h7-17,23-25H,1,18-20H2,2-6H3/t23-,24-,25-/m0/s1. The van der Waals surface area contributed by atoms with Crippen molar-refractivity contribution in [2.75, 3.05) is 13.4 Å². The van der Waals surface area contributed by atoms with Crippen molar-refractivity contribution in [2.45, 2.75) is 63.8 Å². The molecular weight excluding hydrogens is 430 g/mol.